The molecule has 0 saturated carbocycles. The normalized spacial score (nSPS) is 19.0. The molecule has 0 unspecified atom stereocenters. The lowest BCUT2D eigenvalue weighted by molar-refractivity contribution is -0.137. The predicted octanol–water partition coefficient (Wildman–Crippen LogP) is 5.62. The van der Waals surface area contributed by atoms with Crippen molar-refractivity contribution >= 4 is 30.3 Å². The Hall–Kier alpha value is -3.09. The van der Waals surface area contributed by atoms with Crippen molar-refractivity contribution in [1.29, 1.82) is 0 Å². The van der Waals surface area contributed by atoms with Gasteiger partial charge in [0.25, 0.3) is 5.91 Å². The second kappa shape index (κ2) is 11.8. The number of piperazine rings is 1. The summed E-state index contributed by atoms with van der Waals surface area (Å²) >= 11 is 0. The number of amides is 2. The first-order valence-corrected chi connectivity index (χ1v) is 14.4. The standard InChI is InChI=1S/C31H41BF3N3O5/c1-20-9-10-22(17-25(20)32-42-29(5,6)30(7,8)43-32)26(39)36-24-16-21(15-23(18-24)31(33,34)35)19-37-11-13-38(14-12-37)27(40)41-28(2,3)4/h9-10,15-18H,11-14,19H2,1-8H3,(H,36,39). The van der Waals surface area contributed by atoms with Crippen LogP contribution in [0, 0.1) is 6.92 Å². The second-order valence-electron chi connectivity index (χ2n) is 13.3. The van der Waals surface area contributed by atoms with Gasteiger partial charge in [-0.1, -0.05) is 11.6 Å². The first-order chi connectivity index (χ1) is 19.7. The molecule has 2 amide bonds. The Morgan fingerprint density at radius 2 is 1.56 bits per heavy atom. The molecule has 2 aromatic rings. The Morgan fingerprint density at radius 1 is 0.953 bits per heavy atom. The van der Waals surface area contributed by atoms with Crippen LogP contribution in [-0.4, -0.2) is 71.9 Å². The number of rotatable bonds is 5. The third kappa shape index (κ3) is 7.90. The average Bonchev–Trinajstić information content (AvgIpc) is 3.09. The van der Waals surface area contributed by atoms with E-state index < -0.39 is 47.7 Å². The maximum atomic E-state index is 13.8. The average molecular weight is 603 g/mol. The van der Waals surface area contributed by atoms with Crippen molar-refractivity contribution < 1.29 is 36.8 Å². The molecule has 2 aliphatic rings. The number of hydrogen-bond donors (Lipinski definition) is 1. The highest BCUT2D eigenvalue weighted by atomic mass is 19.4. The van der Waals surface area contributed by atoms with Crippen LogP contribution in [0.4, 0.5) is 23.7 Å². The van der Waals surface area contributed by atoms with E-state index in [0.29, 0.717) is 37.2 Å². The minimum absolute atomic E-state index is 0.0416. The minimum atomic E-state index is -4.60. The van der Waals surface area contributed by atoms with Gasteiger partial charge in [-0.2, -0.15) is 13.2 Å². The molecule has 0 spiro atoms. The fourth-order valence-corrected chi connectivity index (χ4v) is 4.90. The topological polar surface area (TPSA) is 80.3 Å². The summed E-state index contributed by atoms with van der Waals surface area (Å²) in [4.78, 5) is 29.2. The molecule has 4 rings (SSSR count). The molecule has 1 N–H and O–H groups in total. The number of anilines is 1. The summed E-state index contributed by atoms with van der Waals surface area (Å²) in [5, 5.41) is 2.65. The summed E-state index contributed by atoms with van der Waals surface area (Å²) in [5.74, 6) is -0.547. The van der Waals surface area contributed by atoms with Gasteiger partial charge in [0, 0.05) is 44.0 Å². The van der Waals surface area contributed by atoms with Crippen LogP contribution < -0.4 is 10.8 Å². The molecule has 2 fully saturated rings. The number of halogens is 3. The number of alkyl halides is 3. The summed E-state index contributed by atoms with van der Waals surface area (Å²) in [6.45, 7) is 17.0. The molecule has 43 heavy (non-hydrogen) atoms. The number of ether oxygens (including phenoxy) is 1. The number of aryl methyl sites for hydroxylation is 1. The van der Waals surface area contributed by atoms with Gasteiger partial charge in [-0.15, -0.1) is 0 Å². The summed E-state index contributed by atoms with van der Waals surface area (Å²) in [7, 11) is -0.686. The molecule has 2 heterocycles. The summed E-state index contributed by atoms with van der Waals surface area (Å²) in [5.41, 5.74) is -0.346. The van der Waals surface area contributed by atoms with Gasteiger partial charge in [0.05, 0.1) is 16.8 Å². The van der Waals surface area contributed by atoms with Crippen molar-refractivity contribution in [3.8, 4) is 0 Å². The molecular weight excluding hydrogens is 562 g/mol. The van der Waals surface area contributed by atoms with Crippen molar-refractivity contribution in [2.45, 2.75) is 84.9 Å². The van der Waals surface area contributed by atoms with E-state index in [1.54, 1.807) is 49.9 Å². The predicted molar refractivity (Wildman–Crippen MR) is 159 cm³/mol. The maximum Gasteiger partial charge on any atom is 0.495 e. The smallest absolute Gasteiger partial charge is 0.444 e. The summed E-state index contributed by atoms with van der Waals surface area (Å²) in [6, 6.07) is 8.63. The fraction of sp³-hybridized carbons (Fsp3) is 0.548. The molecule has 8 nitrogen and oxygen atoms in total. The van der Waals surface area contributed by atoms with Gasteiger partial charge in [-0.05, 0) is 96.7 Å². The molecule has 234 valence electrons. The quantitative estimate of drug-likeness (QED) is 0.448. The van der Waals surface area contributed by atoms with Crippen LogP contribution in [0.1, 0.15) is 75.5 Å². The van der Waals surface area contributed by atoms with Crippen molar-refractivity contribution in [3.63, 3.8) is 0 Å². The van der Waals surface area contributed by atoms with Gasteiger partial charge < -0.3 is 24.3 Å². The number of hydrogen-bond acceptors (Lipinski definition) is 6. The molecule has 2 aromatic carbocycles. The Kier molecular flexibility index (Phi) is 8.99. The maximum absolute atomic E-state index is 13.8. The minimum Gasteiger partial charge on any atom is -0.444 e. The van der Waals surface area contributed by atoms with E-state index in [2.05, 4.69) is 5.32 Å². The SMILES string of the molecule is Cc1ccc(C(=O)Nc2cc(CN3CCN(C(=O)OC(C)(C)C)CC3)cc(C(F)(F)F)c2)cc1B1OC(C)(C)C(C)(C)O1. The van der Waals surface area contributed by atoms with E-state index in [9.17, 15) is 22.8 Å². The third-order valence-electron chi connectivity index (χ3n) is 8.06. The first kappa shape index (κ1) is 32.8. The van der Waals surface area contributed by atoms with Crippen molar-refractivity contribution in [2.75, 3.05) is 31.5 Å². The molecular formula is C31H41BF3N3O5. The summed E-state index contributed by atoms with van der Waals surface area (Å²) < 4.78 is 59.3. The van der Waals surface area contributed by atoms with E-state index >= 15 is 0 Å². The molecule has 12 heteroatoms. The van der Waals surface area contributed by atoms with Crippen molar-refractivity contribution in [3.05, 3.63) is 58.7 Å². The third-order valence-corrected chi connectivity index (χ3v) is 8.06. The van der Waals surface area contributed by atoms with Gasteiger partial charge in [0.2, 0.25) is 0 Å². The van der Waals surface area contributed by atoms with Gasteiger partial charge in [-0.25, -0.2) is 4.79 Å². The highest BCUT2D eigenvalue weighted by molar-refractivity contribution is 6.62. The van der Waals surface area contributed by atoms with Gasteiger partial charge in [0.15, 0.2) is 0 Å². The first-order valence-electron chi connectivity index (χ1n) is 14.4. The summed E-state index contributed by atoms with van der Waals surface area (Å²) in [6.07, 6.45) is -5.01. The highest BCUT2D eigenvalue weighted by Crippen LogP contribution is 2.37. The number of benzene rings is 2. The molecule has 0 aliphatic carbocycles. The lowest BCUT2D eigenvalue weighted by Gasteiger charge is -2.35. The molecule has 0 radical (unpaired) electrons. The Balaban J connectivity index is 1.49. The molecule has 0 atom stereocenters. The van der Waals surface area contributed by atoms with Crippen LogP contribution in [0.5, 0.6) is 0 Å². The fourth-order valence-electron chi connectivity index (χ4n) is 4.90. The number of nitrogens with zero attached hydrogens (tertiary/aromatic N) is 2. The van der Waals surface area contributed by atoms with Gasteiger partial charge in [0.1, 0.15) is 5.60 Å². The van der Waals surface area contributed by atoms with E-state index in [1.807, 2.05) is 39.5 Å². The number of carbonyl (C=O) groups is 2. The second-order valence-corrected chi connectivity index (χ2v) is 13.3. The molecule has 0 aromatic heterocycles. The zero-order valence-electron chi connectivity index (χ0n) is 26.1. The monoisotopic (exact) mass is 603 g/mol. The van der Waals surface area contributed by atoms with Crippen molar-refractivity contribution in [1.82, 2.24) is 9.80 Å². The largest absolute Gasteiger partial charge is 0.495 e. The van der Waals surface area contributed by atoms with Crippen molar-refractivity contribution in [2.24, 2.45) is 0 Å². The number of nitrogens with one attached hydrogen (secondary N) is 1. The number of carbonyl (C=O) groups excluding carboxylic acids is 2. The lowest BCUT2D eigenvalue weighted by Crippen LogP contribution is -2.49. The van der Waals surface area contributed by atoms with Gasteiger partial charge >= 0.3 is 19.4 Å². The Morgan fingerprint density at radius 3 is 2.12 bits per heavy atom. The van der Waals surface area contributed by atoms with Crippen LogP contribution in [-0.2, 0) is 26.8 Å². The van der Waals surface area contributed by atoms with E-state index in [1.165, 1.54) is 0 Å². The van der Waals surface area contributed by atoms with Crippen LogP contribution in [0.3, 0.4) is 0 Å². The Bertz CT molecular complexity index is 1350. The zero-order valence-corrected chi connectivity index (χ0v) is 26.1. The molecule has 2 aliphatic heterocycles. The van der Waals surface area contributed by atoms with Crippen LogP contribution in [0.2, 0.25) is 0 Å². The lowest BCUT2D eigenvalue weighted by atomic mass is 9.75. The Labute approximate surface area is 252 Å². The van der Waals surface area contributed by atoms with E-state index in [0.717, 1.165) is 17.7 Å². The highest BCUT2D eigenvalue weighted by Gasteiger charge is 2.52. The van der Waals surface area contributed by atoms with Crippen LogP contribution in [0.25, 0.3) is 0 Å². The van der Waals surface area contributed by atoms with Crippen LogP contribution >= 0.6 is 0 Å². The zero-order chi connectivity index (χ0) is 32.0. The van der Waals surface area contributed by atoms with E-state index in [-0.39, 0.29) is 17.8 Å². The van der Waals surface area contributed by atoms with Gasteiger partial charge in [-0.3, -0.25) is 9.69 Å². The molecule has 0 bridgehead atoms. The van der Waals surface area contributed by atoms with Crippen LogP contribution in [0.15, 0.2) is 36.4 Å². The van der Waals surface area contributed by atoms with E-state index in [4.69, 9.17) is 14.0 Å². The molecule has 2 saturated heterocycles.